The van der Waals surface area contributed by atoms with Crippen LogP contribution < -0.4 is 10.5 Å². The Bertz CT molecular complexity index is 578. The van der Waals surface area contributed by atoms with Gasteiger partial charge < -0.3 is 10.5 Å². The summed E-state index contributed by atoms with van der Waals surface area (Å²) in [5, 5.41) is 1.02. The maximum atomic E-state index is 6.24. The minimum atomic E-state index is 0.651. The number of fused-ring (bicyclic) bond motifs is 2. The van der Waals surface area contributed by atoms with Crippen LogP contribution in [0.1, 0.15) is 24.6 Å². The summed E-state index contributed by atoms with van der Waals surface area (Å²) in [6, 6.07) is 5.96. The van der Waals surface area contributed by atoms with Crippen LogP contribution in [-0.2, 0) is 12.8 Å². The van der Waals surface area contributed by atoms with Gasteiger partial charge in [0.2, 0.25) is 0 Å². The van der Waals surface area contributed by atoms with Crippen molar-refractivity contribution in [1.82, 2.24) is 4.98 Å². The molecule has 0 saturated carbocycles. The number of aromatic nitrogens is 1. The van der Waals surface area contributed by atoms with Gasteiger partial charge in [-0.3, -0.25) is 0 Å². The summed E-state index contributed by atoms with van der Waals surface area (Å²) in [4.78, 5) is 4.73. The Morgan fingerprint density at radius 2 is 2.24 bits per heavy atom. The fourth-order valence-corrected chi connectivity index (χ4v) is 2.57. The van der Waals surface area contributed by atoms with E-state index in [1.165, 1.54) is 5.56 Å². The first kappa shape index (κ1) is 10.4. The van der Waals surface area contributed by atoms with E-state index in [1.54, 1.807) is 0 Å². The molecule has 3 rings (SSSR count). The number of pyridine rings is 1. The number of nitrogen functional groups attached to an aromatic ring is 1. The van der Waals surface area contributed by atoms with Gasteiger partial charge >= 0.3 is 0 Å². The average Bonchev–Trinajstić information content (AvgIpc) is 2.79. The first-order chi connectivity index (χ1) is 8.31. The van der Waals surface area contributed by atoms with Crippen molar-refractivity contribution < 1.29 is 4.74 Å². The molecule has 1 aliphatic carbocycles. The summed E-state index contributed by atoms with van der Waals surface area (Å²) in [7, 11) is 0. The van der Waals surface area contributed by atoms with Crippen LogP contribution in [0.2, 0.25) is 0 Å². The SMILES string of the molecule is CCOc1cccc2c(N)c3c(nc12)CCC3. The highest BCUT2D eigenvalue weighted by molar-refractivity contribution is 5.95. The van der Waals surface area contributed by atoms with Crippen LogP contribution in [0.25, 0.3) is 10.9 Å². The minimum Gasteiger partial charge on any atom is -0.492 e. The van der Waals surface area contributed by atoms with E-state index in [0.29, 0.717) is 6.61 Å². The van der Waals surface area contributed by atoms with Gasteiger partial charge in [-0.1, -0.05) is 12.1 Å². The van der Waals surface area contributed by atoms with Crippen LogP contribution in [0.15, 0.2) is 18.2 Å². The van der Waals surface area contributed by atoms with Crippen LogP contribution >= 0.6 is 0 Å². The number of nitrogens with zero attached hydrogens (tertiary/aromatic N) is 1. The minimum absolute atomic E-state index is 0.651. The maximum absolute atomic E-state index is 6.24. The predicted octanol–water partition coefficient (Wildman–Crippen LogP) is 2.70. The standard InChI is InChI=1S/C14H16N2O/c1-2-17-12-8-4-6-10-13(15)9-5-3-7-11(9)16-14(10)12/h4,6,8H,2-3,5,7H2,1H3,(H2,15,16). The molecule has 0 fully saturated rings. The second-order valence-electron chi connectivity index (χ2n) is 4.39. The Morgan fingerprint density at radius 1 is 1.35 bits per heavy atom. The number of aryl methyl sites for hydroxylation is 1. The molecule has 0 saturated heterocycles. The van der Waals surface area contributed by atoms with Gasteiger partial charge in [0.25, 0.3) is 0 Å². The fraction of sp³-hybridized carbons (Fsp3) is 0.357. The van der Waals surface area contributed by atoms with Gasteiger partial charge in [-0.2, -0.15) is 0 Å². The lowest BCUT2D eigenvalue weighted by atomic mass is 10.1. The first-order valence-corrected chi connectivity index (χ1v) is 6.14. The largest absolute Gasteiger partial charge is 0.492 e. The molecule has 1 aromatic carbocycles. The fourth-order valence-electron chi connectivity index (χ4n) is 2.57. The van der Waals surface area contributed by atoms with E-state index in [2.05, 4.69) is 0 Å². The van der Waals surface area contributed by atoms with E-state index in [0.717, 1.165) is 47.3 Å². The van der Waals surface area contributed by atoms with E-state index >= 15 is 0 Å². The zero-order valence-electron chi connectivity index (χ0n) is 9.99. The average molecular weight is 228 g/mol. The third-order valence-corrected chi connectivity index (χ3v) is 3.35. The number of anilines is 1. The van der Waals surface area contributed by atoms with Gasteiger partial charge in [0, 0.05) is 16.8 Å². The predicted molar refractivity (Wildman–Crippen MR) is 69.3 cm³/mol. The third kappa shape index (κ3) is 1.54. The zero-order valence-corrected chi connectivity index (χ0v) is 9.99. The summed E-state index contributed by atoms with van der Waals surface area (Å²) in [5.74, 6) is 0.839. The lowest BCUT2D eigenvalue weighted by Gasteiger charge is -2.11. The quantitative estimate of drug-likeness (QED) is 0.859. The molecule has 2 N–H and O–H groups in total. The van der Waals surface area contributed by atoms with Crippen LogP contribution in [0.5, 0.6) is 5.75 Å². The molecule has 3 nitrogen and oxygen atoms in total. The summed E-state index contributed by atoms with van der Waals surface area (Å²) in [6.07, 6.45) is 3.26. The van der Waals surface area contributed by atoms with Gasteiger partial charge in [0.05, 0.1) is 6.61 Å². The Hall–Kier alpha value is -1.77. The molecule has 2 aromatic rings. The van der Waals surface area contributed by atoms with Crippen LogP contribution in [0.3, 0.4) is 0 Å². The molecule has 0 radical (unpaired) electrons. The van der Waals surface area contributed by atoms with Crippen LogP contribution in [0.4, 0.5) is 5.69 Å². The number of rotatable bonds is 2. The second-order valence-corrected chi connectivity index (χ2v) is 4.39. The van der Waals surface area contributed by atoms with E-state index in [1.807, 2.05) is 25.1 Å². The van der Waals surface area contributed by atoms with Crippen molar-refractivity contribution in [2.45, 2.75) is 26.2 Å². The molecule has 0 amide bonds. The molecule has 17 heavy (non-hydrogen) atoms. The van der Waals surface area contributed by atoms with Crippen LogP contribution in [0, 0.1) is 0 Å². The molecule has 88 valence electrons. The monoisotopic (exact) mass is 228 g/mol. The first-order valence-electron chi connectivity index (χ1n) is 6.14. The molecule has 0 bridgehead atoms. The Morgan fingerprint density at radius 3 is 3.06 bits per heavy atom. The van der Waals surface area contributed by atoms with Crippen molar-refractivity contribution in [3.63, 3.8) is 0 Å². The number of para-hydroxylation sites is 1. The lowest BCUT2D eigenvalue weighted by molar-refractivity contribution is 0.343. The zero-order chi connectivity index (χ0) is 11.8. The van der Waals surface area contributed by atoms with Gasteiger partial charge in [0.1, 0.15) is 11.3 Å². The molecule has 0 aliphatic heterocycles. The number of hydrogen-bond donors (Lipinski definition) is 1. The number of benzene rings is 1. The topological polar surface area (TPSA) is 48.1 Å². The van der Waals surface area contributed by atoms with Crippen molar-refractivity contribution >= 4 is 16.6 Å². The van der Waals surface area contributed by atoms with Crippen LogP contribution in [-0.4, -0.2) is 11.6 Å². The summed E-state index contributed by atoms with van der Waals surface area (Å²) >= 11 is 0. The Balaban J connectivity index is 2.31. The Labute approximate surface area is 101 Å². The van der Waals surface area contributed by atoms with Crippen molar-refractivity contribution in [1.29, 1.82) is 0 Å². The lowest BCUT2D eigenvalue weighted by Crippen LogP contribution is -2.00. The highest BCUT2D eigenvalue weighted by Gasteiger charge is 2.19. The number of hydrogen-bond acceptors (Lipinski definition) is 3. The normalized spacial score (nSPS) is 13.9. The van der Waals surface area contributed by atoms with Gasteiger partial charge in [-0.25, -0.2) is 4.98 Å². The highest BCUT2D eigenvalue weighted by atomic mass is 16.5. The van der Waals surface area contributed by atoms with Crippen molar-refractivity contribution in [2.75, 3.05) is 12.3 Å². The van der Waals surface area contributed by atoms with Gasteiger partial charge in [-0.05, 0) is 37.8 Å². The van der Waals surface area contributed by atoms with Crippen molar-refractivity contribution in [2.24, 2.45) is 0 Å². The van der Waals surface area contributed by atoms with Crippen molar-refractivity contribution in [3.05, 3.63) is 29.5 Å². The second kappa shape index (κ2) is 3.91. The Kier molecular flexibility index (Phi) is 2.39. The molecular weight excluding hydrogens is 212 g/mol. The summed E-state index contributed by atoms with van der Waals surface area (Å²) < 4.78 is 5.62. The smallest absolute Gasteiger partial charge is 0.145 e. The van der Waals surface area contributed by atoms with Gasteiger partial charge in [-0.15, -0.1) is 0 Å². The summed E-state index contributed by atoms with van der Waals surface area (Å²) in [5.41, 5.74) is 10.4. The van der Waals surface area contributed by atoms with E-state index < -0.39 is 0 Å². The van der Waals surface area contributed by atoms with E-state index in [9.17, 15) is 0 Å². The van der Waals surface area contributed by atoms with E-state index in [4.69, 9.17) is 15.5 Å². The third-order valence-electron chi connectivity index (χ3n) is 3.35. The molecule has 1 aromatic heterocycles. The molecule has 0 unspecified atom stereocenters. The molecule has 0 atom stereocenters. The molecule has 1 heterocycles. The maximum Gasteiger partial charge on any atom is 0.145 e. The summed E-state index contributed by atoms with van der Waals surface area (Å²) in [6.45, 7) is 2.63. The number of nitrogens with two attached hydrogens (primary N) is 1. The molecular formula is C14H16N2O. The van der Waals surface area contributed by atoms with Gasteiger partial charge in [0.15, 0.2) is 0 Å². The molecule has 0 spiro atoms. The highest BCUT2D eigenvalue weighted by Crippen LogP contribution is 2.35. The molecule has 3 heteroatoms. The van der Waals surface area contributed by atoms with E-state index in [-0.39, 0.29) is 0 Å². The number of ether oxygens (including phenoxy) is 1. The van der Waals surface area contributed by atoms with Crippen molar-refractivity contribution in [3.8, 4) is 5.75 Å². The molecule has 1 aliphatic rings.